The molecule has 0 bridgehead atoms. The maximum atomic E-state index is 11.9. The lowest BCUT2D eigenvalue weighted by Crippen LogP contribution is -2.04. The van der Waals surface area contributed by atoms with E-state index in [1.54, 1.807) is 12.1 Å². The van der Waals surface area contributed by atoms with Gasteiger partial charge in [-0.25, -0.2) is 9.97 Å². The molecule has 0 unspecified atom stereocenters. The van der Waals surface area contributed by atoms with Gasteiger partial charge in [-0.2, -0.15) is 4.98 Å². The Bertz CT molecular complexity index is 1260. The van der Waals surface area contributed by atoms with Gasteiger partial charge in [0.05, 0.1) is 4.92 Å². The first-order chi connectivity index (χ1) is 15.5. The summed E-state index contributed by atoms with van der Waals surface area (Å²) in [4.78, 5) is 24.0. The third-order valence-corrected chi connectivity index (χ3v) is 5.04. The molecular weight excluding hydrogens is 406 g/mol. The van der Waals surface area contributed by atoms with E-state index in [9.17, 15) is 10.1 Å². The number of para-hydroxylation sites is 1. The number of nitro groups is 1. The van der Waals surface area contributed by atoms with E-state index in [1.807, 2.05) is 49.4 Å². The summed E-state index contributed by atoms with van der Waals surface area (Å²) < 4.78 is 5.89. The molecule has 0 aliphatic heterocycles. The van der Waals surface area contributed by atoms with Crippen LogP contribution in [-0.2, 0) is 6.42 Å². The molecule has 0 amide bonds. The van der Waals surface area contributed by atoms with Crippen molar-refractivity contribution < 1.29 is 9.66 Å². The number of nitrogens with one attached hydrogen (secondary N) is 1. The Morgan fingerprint density at radius 1 is 1.06 bits per heavy atom. The second-order valence-electron chi connectivity index (χ2n) is 7.44. The van der Waals surface area contributed by atoms with Crippen molar-refractivity contribution in [1.82, 2.24) is 15.0 Å². The SMILES string of the molecule is CCCCc1ccc(Nc2ncnc(Oc3cccc4ccc(C)nc34)c2[N+](=O)[O-])cc1. The first-order valence-corrected chi connectivity index (χ1v) is 10.4. The Balaban J connectivity index is 1.66. The summed E-state index contributed by atoms with van der Waals surface area (Å²) in [6.07, 6.45) is 4.49. The third-order valence-electron chi connectivity index (χ3n) is 5.04. The molecule has 2 aromatic carbocycles. The van der Waals surface area contributed by atoms with E-state index in [0.29, 0.717) is 17.0 Å². The number of nitrogens with zero attached hydrogens (tertiary/aromatic N) is 4. The van der Waals surface area contributed by atoms with Gasteiger partial charge in [-0.05, 0) is 49.6 Å². The number of hydrogen-bond donors (Lipinski definition) is 1. The van der Waals surface area contributed by atoms with Gasteiger partial charge in [0.25, 0.3) is 0 Å². The fraction of sp³-hybridized carbons (Fsp3) is 0.208. The minimum absolute atomic E-state index is 0.0608. The monoisotopic (exact) mass is 429 g/mol. The van der Waals surface area contributed by atoms with Crippen molar-refractivity contribution in [2.75, 3.05) is 5.32 Å². The van der Waals surface area contributed by atoms with E-state index >= 15 is 0 Å². The topological polar surface area (TPSA) is 103 Å². The molecule has 8 nitrogen and oxygen atoms in total. The van der Waals surface area contributed by atoms with Crippen LogP contribution in [-0.4, -0.2) is 19.9 Å². The predicted molar refractivity (Wildman–Crippen MR) is 124 cm³/mol. The second kappa shape index (κ2) is 9.38. The molecule has 4 aromatic rings. The van der Waals surface area contributed by atoms with E-state index in [1.165, 1.54) is 11.9 Å². The van der Waals surface area contributed by atoms with Crippen molar-refractivity contribution >= 4 is 28.1 Å². The van der Waals surface area contributed by atoms with Crippen LogP contribution in [0.3, 0.4) is 0 Å². The van der Waals surface area contributed by atoms with Gasteiger partial charge in [0.1, 0.15) is 11.8 Å². The number of fused-ring (bicyclic) bond motifs is 1. The van der Waals surface area contributed by atoms with Gasteiger partial charge in [-0.15, -0.1) is 0 Å². The predicted octanol–water partition coefficient (Wildman–Crippen LogP) is 6.12. The number of benzene rings is 2. The lowest BCUT2D eigenvalue weighted by Gasteiger charge is -2.11. The molecular formula is C24H23N5O3. The van der Waals surface area contributed by atoms with Crippen molar-refractivity contribution in [3.05, 3.63) is 82.3 Å². The highest BCUT2D eigenvalue weighted by Gasteiger charge is 2.26. The number of aryl methyl sites for hydroxylation is 2. The van der Waals surface area contributed by atoms with Gasteiger partial charge in [-0.1, -0.05) is 43.7 Å². The van der Waals surface area contributed by atoms with Crippen LogP contribution in [0.1, 0.15) is 31.0 Å². The van der Waals surface area contributed by atoms with Crippen LogP contribution >= 0.6 is 0 Å². The van der Waals surface area contributed by atoms with Crippen LogP contribution in [0.15, 0.2) is 60.9 Å². The molecule has 1 N–H and O–H groups in total. The van der Waals surface area contributed by atoms with E-state index in [4.69, 9.17) is 4.74 Å². The molecule has 0 saturated heterocycles. The van der Waals surface area contributed by atoms with Crippen molar-refractivity contribution in [3.8, 4) is 11.6 Å². The molecule has 4 rings (SSSR count). The van der Waals surface area contributed by atoms with Crippen LogP contribution in [0.25, 0.3) is 10.9 Å². The molecule has 2 heterocycles. The smallest absolute Gasteiger partial charge is 0.373 e. The number of pyridine rings is 1. The number of ether oxygens (including phenoxy) is 1. The largest absolute Gasteiger partial charge is 0.431 e. The molecule has 162 valence electrons. The van der Waals surface area contributed by atoms with Gasteiger partial charge >= 0.3 is 11.6 Å². The number of unbranched alkanes of at least 4 members (excludes halogenated alkanes) is 1. The van der Waals surface area contributed by atoms with Gasteiger partial charge in [0.2, 0.25) is 5.82 Å². The van der Waals surface area contributed by atoms with Crippen molar-refractivity contribution in [1.29, 1.82) is 0 Å². The summed E-state index contributed by atoms with van der Waals surface area (Å²) in [6, 6.07) is 17.0. The Labute approximate surface area is 185 Å². The fourth-order valence-electron chi connectivity index (χ4n) is 3.37. The molecule has 0 saturated carbocycles. The maximum absolute atomic E-state index is 11.9. The minimum Gasteiger partial charge on any atom is -0.431 e. The average Bonchev–Trinajstić information content (AvgIpc) is 2.79. The van der Waals surface area contributed by atoms with Gasteiger partial charge in [0, 0.05) is 16.8 Å². The highest BCUT2D eigenvalue weighted by Crippen LogP contribution is 2.37. The highest BCUT2D eigenvalue weighted by molar-refractivity contribution is 5.85. The molecule has 32 heavy (non-hydrogen) atoms. The van der Waals surface area contributed by atoms with Crippen LogP contribution in [0.4, 0.5) is 17.2 Å². The maximum Gasteiger partial charge on any atom is 0.373 e. The number of anilines is 2. The molecule has 0 radical (unpaired) electrons. The van der Waals surface area contributed by atoms with E-state index in [-0.39, 0.29) is 17.4 Å². The van der Waals surface area contributed by atoms with Gasteiger partial charge < -0.3 is 10.1 Å². The zero-order valence-electron chi connectivity index (χ0n) is 17.9. The lowest BCUT2D eigenvalue weighted by atomic mass is 10.1. The molecule has 0 atom stereocenters. The summed E-state index contributed by atoms with van der Waals surface area (Å²) in [6.45, 7) is 4.03. The van der Waals surface area contributed by atoms with Crippen molar-refractivity contribution in [2.45, 2.75) is 33.1 Å². The fourth-order valence-corrected chi connectivity index (χ4v) is 3.37. The highest BCUT2D eigenvalue weighted by atomic mass is 16.6. The Hall–Kier alpha value is -4.07. The number of hydrogen-bond acceptors (Lipinski definition) is 7. The minimum atomic E-state index is -0.545. The Morgan fingerprint density at radius 2 is 1.88 bits per heavy atom. The Morgan fingerprint density at radius 3 is 2.62 bits per heavy atom. The van der Waals surface area contributed by atoms with Crippen LogP contribution in [0.2, 0.25) is 0 Å². The van der Waals surface area contributed by atoms with Crippen LogP contribution in [0, 0.1) is 17.0 Å². The van der Waals surface area contributed by atoms with Crippen molar-refractivity contribution in [3.63, 3.8) is 0 Å². The summed E-state index contributed by atoms with van der Waals surface area (Å²) in [7, 11) is 0. The van der Waals surface area contributed by atoms with Crippen molar-refractivity contribution in [2.24, 2.45) is 0 Å². The average molecular weight is 429 g/mol. The van der Waals surface area contributed by atoms with E-state index in [0.717, 1.165) is 30.3 Å². The van der Waals surface area contributed by atoms with Crippen LogP contribution < -0.4 is 10.1 Å². The second-order valence-corrected chi connectivity index (χ2v) is 7.44. The standard InChI is InChI=1S/C24H23N5O3/c1-3-4-6-17-10-13-19(14-11-17)28-23-22(29(30)31)24(26-15-25-23)32-20-8-5-7-18-12-9-16(2)27-21(18)20/h5,7-15H,3-4,6H2,1-2H3,(H,25,26,28). The molecule has 0 aliphatic rings. The van der Waals surface area contributed by atoms with Gasteiger partial charge in [-0.3, -0.25) is 10.1 Å². The lowest BCUT2D eigenvalue weighted by molar-refractivity contribution is -0.385. The summed E-state index contributed by atoms with van der Waals surface area (Å²) in [5.74, 6) is 0.299. The molecule has 2 aromatic heterocycles. The number of aromatic nitrogens is 3. The normalized spacial score (nSPS) is 10.8. The van der Waals surface area contributed by atoms with E-state index < -0.39 is 4.92 Å². The zero-order valence-corrected chi connectivity index (χ0v) is 17.9. The summed E-state index contributed by atoms with van der Waals surface area (Å²) in [5, 5.41) is 15.8. The molecule has 0 spiro atoms. The van der Waals surface area contributed by atoms with Gasteiger partial charge in [0.15, 0.2) is 5.75 Å². The molecule has 0 aliphatic carbocycles. The zero-order chi connectivity index (χ0) is 22.5. The third kappa shape index (κ3) is 4.64. The van der Waals surface area contributed by atoms with E-state index in [2.05, 4.69) is 27.2 Å². The first-order valence-electron chi connectivity index (χ1n) is 10.4. The van der Waals surface area contributed by atoms with Crippen LogP contribution in [0.5, 0.6) is 11.6 Å². The summed E-state index contributed by atoms with van der Waals surface area (Å²) >= 11 is 0. The summed E-state index contributed by atoms with van der Waals surface area (Å²) in [5.41, 5.74) is 3.00. The first kappa shape index (κ1) is 21.2. The molecule has 8 heteroatoms. The quantitative estimate of drug-likeness (QED) is 0.266. The number of rotatable bonds is 8. The Kier molecular flexibility index (Phi) is 6.21. The molecule has 0 fully saturated rings.